The van der Waals surface area contributed by atoms with Crippen LogP contribution in [0.3, 0.4) is 0 Å². The van der Waals surface area contributed by atoms with Gasteiger partial charge >= 0.3 is 0 Å². The molecular formula is C20H21N3O2S. The molecule has 0 atom stereocenters. The van der Waals surface area contributed by atoms with E-state index in [1.165, 1.54) is 36.2 Å². The molecule has 0 unspecified atom stereocenters. The zero-order valence-electron chi connectivity index (χ0n) is 15.2. The van der Waals surface area contributed by atoms with Crippen LogP contribution in [-0.2, 0) is 10.2 Å². The zero-order chi connectivity index (χ0) is 18.9. The first kappa shape index (κ1) is 18.1. The molecule has 1 aromatic carbocycles. The molecule has 26 heavy (non-hydrogen) atoms. The van der Waals surface area contributed by atoms with Crippen LogP contribution in [0.25, 0.3) is 21.7 Å². The van der Waals surface area contributed by atoms with Crippen molar-refractivity contribution in [1.29, 1.82) is 0 Å². The van der Waals surface area contributed by atoms with Crippen molar-refractivity contribution in [1.82, 2.24) is 4.98 Å². The lowest BCUT2D eigenvalue weighted by Crippen LogP contribution is -2.23. The Morgan fingerprint density at radius 2 is 1.69 bits per heavy atom. The predicted octanol–water partition coefficient (Wildman–Crippen LogP) is 4.37. The Bertz CT molecular complexity index is 923. The molecule has 0 aliphatic rings. The number of benzene rings is 1. The number of nitrogens with one attached hydrogen (secondary N) is 1. The van der Waals surface area contributed by atoms with Crippen LogP contribution in [0.4, 0.5) is 5.13 Å². The number of carbonyl (C=O) groups is 1. The first-order valence-corrected chi connectivity index (χ1v) is 9.14. The van der Waals surface area contributed by atoms with Crippen LogP contribution >= 0.6 is 11.3 Å². The maximum absolute atomic E-state index is 11.4. The average molecular weight is 367 g/mol. The fraction of sp³-hybridized carbons (Fsp3) is 0.250. The van der Waals surface area contributed by atoms with Gasteiger partial charge in [-0.05, 0) is 11.0 Å². The van der Waals surface area contributed by atoms with Gasteiger partial charge in [0.2, 0.25) is 5.91 Å². The van der Waals surface area contributed by atoms with E-state index >= 15 is 0 Å². The van der Waals surface area contributed by atoms with Crippen molar-refractivity contribution in [2.24, 2.45) is 0 Å². The average Bonchev–Trinajstić information content (AvgIpc) is 2.98. The summed E-state index contributed by atoms with van der Waals surface area (Å²) < 4.78 is 0.747. The third-order valence-electron chi connectivity index (χ3n) is 4.00. The summed E-state index contributed by atoms with van der Waals surface area (Å²) in [5, 5.41) is 14.6. The fourth-order valence-corrected chi connectivity index (χ4v) is 3.65. The van der Waals surface area contributed by atoms with E-state index in [0.717, 1.165) is 26.4 Å². The lowest BCUT2D eigenvalue weighted by Gasteiger charge is -2.19. The Hall–Kier alpha value is -2.73. The Labute approximate surface area is 156 Å². The molecule has 1 N–H and O–H groups in total. The van der Waals surface area contributed by atoms with E-state index in [9.17, 15) is 10.0 Å². The van der Waals surface area contributed by atoms with Crippen molar-refractivity contribution >= 4 is 22.4 Å². The second-order valence-corrected chi connectivity index (χ2v) is 8.15. The number of nitrogens with zero attached hydrogens (tertiary/aromatic N) is 2. The number of hydrogen-bond donors (Lipinski definition) is 1. The van der Waals surface area contributed by atoms with Gasteiger partial charge in [-0.25, -0.2) is 4.98 Å². The minimum atomic E-state index is -0.162. The molecule has 134 valence electrons. The first-order valence-electron chi connectivity index (χ1n) is 8.32. The number of aromatic nitrogens is 2. The lowest BCUT2D eigenvalue weighted by atomic mass is 9.86. The number of pyridine rings is 1. The van der Waals surface area contributed by atoms with Gasteiger partial charge in [-0.2, -0.15) is 4.73 Å². The molecule has 3 rings (SSSR count). The predicted molar refractivity (Wildman–Crippen MR) is 105 cm³/mol. The van der Waals surface area contributed by atoms with Crippen LogP contribution in [0, 0.1) is 5.21 Å². The maximum Gasteiger partial charge on any atom is 0.223 e. The third kappa shape index (κ3) is 3.91. The van der Waals surface area contributed by atoms with Crippen LogP contribution in [0.15, 0.2) is 48.8 Å². The fourth-order valence-electron chi connectivity index (χ4n) is 2.61. The number of rotatable bonds is 3. The van der Waals surface area contributed by atoms with Gasteiger partial charge < -0.3 is 10.5 Å². The third-order valence-corrected chi connectivity index (χ3v) is 5.02. The summed E-state index contributed by atoms with van der Waals surface area (Å²) in [5.41, 5.74) is 3.97. The summed E-state index contributed by atoms with van der Waals surface area (Å²) in [5.74, 6) is -0.162. The summed E-state index contributed by atoms with van der Waals surface area (Å²) in [6.07, 6.45) is 2.92. The molecular weight excluding hydrogens is 346 g/mol. The molecule has 5 nitrogen and oxygen atoms in total. The molecule has 0 saturated carbocycles. The highest BCUT2D eigenvalue weighted by atomic mass is 32.1. The smallest absolute Gasteiger partial charge is 0.223 e. The Morgan fingerprint density at radius 3 is 2.23 bits per heavy atom. The van der Waals surface area contributed by atoms with Gasteiger partial charge in [-0.1, -0.05) is 56.4 Å². The summed E-state index contributed by atoms with van der Waals surface area (Å²) in [6, 6.07) is 11.8. The van der Waals surface area contributed by atoms with Crippen LogP contribution in [-0.4, -0.2) is 10.9 Å². The van der Waals surface area contributed by atoms with Gasteiger partial charge in [0, 0.05) is 30.2 Å². The van der Waals surface area contributed by atoms with E-state index in [1.807, 2.05) is 12.1 Å². The van der Waals surface area contributed by atoms with E-state index in [4.69, 9.17) is 0 Å². The monoisotopic (exact) mass is 367 g/mol. The standard InChI is InChI=1S/C20H21N3O2S/c1-13(24)21-19-22-17(14-5-7-16(8-6-14)20(2,3)4)18(26-19)15-9-11-23(25)12-10-15/h5-12H,1-4H3,(H,21,22,24). The van der Waals surface area contributed by atoms with E-state index < -0.39 is 0 Å². The quantitative estimate of drug-likeness (QED) is 0.552. The number of hydrogen-bond acceptors (Lipinski definition) is 4. The van der Waals surface area contributed by atoms with Crippen molar-refractivity contribution in [3.63, 3.8) is 0 Å². The second kappa shape index (κ2) is 6.88. The van der Waals surface area contributed by atoms with E-state index in [2.05, 4.69) is 43.2 Å². The van der Waals surface area contributed by atoms with Crippen molar-refractivity contribution in [3.05, 3.63) is 59.6 Å². The molecule has 2 heterocycles. The SMILES string of the molecule is CC(=O)Nc1nc(-c2ccc(C(C)(C)C)cc2)c(-c2cc[n+]([O-])cc2)s1. The molecule has 0 aliphatic heterocycles. The van der Waals surface area contributed by atoms with Crippen LogP contribution in [0.2, 0.25) is 0 Å². The van der Waals surface area contributed by atoms with Crippen LogP contribution < -0.4 is 10.0 Å². The lowest BCUT2D eigenvalue weighted by molar-refractivity contribution is -0.605. The van der Waals surface area contributed by atoms with Gasteiger partial charge in [-0.15, -0.1) is 0 Å². The molecule has 1 amide bonds. The molecule has 6 heteroatoms. The van der Waals surface area contributed by atoms with Gasteiger partial charge in [0.05, 0.1) is 10.6 Å². The highest BCUT2D eigenvalue weighted by molar-refractivity contribution is 7.19. The summed E-state index contributed by atoms with van der Waals surface area (Å²) in [6.45, 7) is 7.98. The molecule has 0 bridgehead atoms. The first-order chi connectivity index (χ1) is 12.2. The molecule has 3 aromatic rings. The highest BCUT2D eigenvalue weighted by Crippen LogP contribution is 2.39. The zero-order valence-corrected chi connectivity index (χ0v) is 16.1. The molecule has 0 aliphatic carbocycles. The van der Waals surface area contributed by atoms with E-state index in [0.29, 0.717) is 5.13 Å². The molecule has 0 fully saturated rings. The van der Waals surface area contributed by atoms with E-state index in [-0.39, 0.29) is 11.3 Å². The van der Waals surface area contributed by atoms with Crippen LogP contribution in [0.1, 0.15) is 33.3 Å². The summed E-state index contributed by atoms with van der Waals surface area (Å²) >= 11 is 1.40. The summed E-state index contributed by atoms with van der Waals surface area (Å²) in [4.78, 5) is 16.9. The van der Waals surface area contributed by atoms with Crippen LogP contribution in [0.5, 0.6) is 0 Å². The van der Waals surface area contributed by atoms with Gasteiger partial charge in [0.15, 0.2) is 17.5 Å². The largest absolute Gasteiger partial charge is 0.619 e. The van der Waals surface area contributed by atoms with Crippen molar-refractivity contribution < 1.29 is 9.52 Å². The van der Waals surface area contributed by atoms with Gasteiger partial charge in [-0.3, -0.25) is 4.79 Å². The minimum Gasteiger partial charge on any atom is -0.619 e. The highest BCUT2D eigenvalue weighted by Gasteiger charge is 2.18. The van der Waals surface area contributed by atoms with E-state index in [1.54, 1.807) is 12.1 Å². The topological polar surface area (TPSA) is 68.9 Å². The molecule has 0 spiro atoms. The number of amides is 1. The second-order valence-electron chi connectivity index (χ2n) is 7.15. The van der Waals surface area contributed by atoms with Crippen molar-refractivity contribution in [2.75, 3.05) is 5.32 Å². The Morgan fingerprint density at radius 1 is 1.08 bits per heavy atom. The van der Waals surface area contributed by atoms with Crippen molar-refractivity contribution in [3.8, 4) is 21.7 Å². The normalized spacial score (nSPS) is 11.4. The van der Waals surface area contributed by atoms with Gasteiger partial charge in [0.1, 0.15) is 0 Å². The Kier molecular flexibility index (Phi) is 4.78. The summed E-state index contributed by atoms with van der Waals surface area (Å²) in [7, 11) is 0. The molecule has 0 saturated heterocycles. The minimum absolute atomic E-state index is 0.0754. The number of carbonyl (C=O) groups excluding carboxylic acids is 1. The number of thiazole rings is 1. The van der Waals surface area contributed by atoms with Gasteiger partial charge in [0.25, 0.3) is 0 Å². The van der Waals surface area contributed by atoms with Crippen molar-refractivity contribution in [2.45, 2.75) is 33.1 Å². The number of anilines is 1. The molecule has 2 aromatic heterocycles. The molecule has 0 radical (unpaired) electrons. The Balaban J connectivity index is 2.08. The maximum atomic E-state index is 11.4.